The number of rotatable bonds is 13. The minimum Gasteiger partial charge on any atom is -0.378 e. The minimum absolute atomic E-state index is 0.0714. The third-order valence-electron chi connectivity index (χ3n) is 4.79. The smallest absolute Gasteiger partial charge is 0.246 e. The molecule has 0 radical (unpaired) electrons. The quantitative estimate of drug-likeness (QED) is 0.185. The number of hydroxylamine groups is 2. The summed E-state index contributed by atoms with van der Waals surface area (Å²) in [6, 6.07) is 0. The van der Waals surface area contributed by atoms with Crippen molar-refractivity contribution in [3.05, 3.63) is 5.82 Å². The van der Waals surface area contributed by atoms with Gasteiger partial charge < -0.3 is 9.64 Å². The van der Waals surface area contributed by atoms with Crippen LogP contribution in [0.4, 0.5) is 11.9 Å². The lowest BCUT2D eigenvalue weighted by Crippen LogP contribution is -2.41. The molecule has 1 aromatic heterocycles. The molecule has 1 saturated heterocycles. The molecular formula is C19H33N7O4. The summed E-state index contributed by atoms with van der Waals surface area (Å²) in [5.74, 6) is 0.572. The van der Waals surface area contributed by atoms with Crippen molar-refractivity contribution in [2.45, 2.75) is 52.4 Å². The second kappa shape index (κ2) is 12.9. The Morgan fingerprint density at radius 1 is 1.23 bits per heavy atom. The summed E-state index contributed by atoms with van der Waals surface area (Å²) in [4.78, 5) is 38.7. The monoisotopic (exact) mass is 423 g/mol. The van der Waals surface area contributed by atoms with Crippen LogP contribution in [-0.4, -0.2) is 70.4 Å². The van der Waals surface area contributed by atoms with Crippen molar-refractivity contribution < 1.29 is 19.5 Å². The Morgan fingerprint density at radius 2 is 2.00 bits per heavy atom. The first-order chi connectivity index (χ1) is 14.6. The lowest BCUT2D eigenvalue weighted by atomic mass is 10.0. The largest absolute Gasteiger partial charge is 0.378 e. The Kier molecular flexibility index (Phi) is 10.2. The van der Waals surface area contributed by atoms with E-state index in [0.717, 1.165) is 25.7 Å². The molecule has 30 heavy (non-hydrogen) atoms. The predicted molar refractivity (Wildman–Crippen MR) is 111 cm³/mol. The average Bonchev–Trinajstić information content (AvgIpc) is 2.77. The third kappa shape index (κ3) is 7.71. The predicted octanol–water partition coefficient (Wildman–Crippen LogP) is 1.15. The number of anilines is 2. The number of aryl methyl sites for hydroxylation is 1. The molecule has 1 aliphatic heterocycles. The Bertz CT molecular complexity index is 670. The van der Waals surface area contributed by atoms with E-state index in [1.54, 1.807) is 0 Å². The van der Waals surface area contributed by atoms with E-state index in [9.17, 15) is 14.8 Å². The van der Waals surface area contributed by atoms with Crippen molar-refractivity contribution >= 4 is 24.2 Å². The topological polar surface area (TPSA) is 133 Å². The molecule has 11 nitrogen and oxygen atoms in total. The van der Waals surface area contributed by atoms with Crippen molar-refractivity contribution in [1.29, 1.82) is 0 Å². The number of nitrogens with one attached hydrogen (secondary N) is 2. The summed E-state index contributed by atoms with van der Waals surface area (Å²) >= 11 is 0. The normalized spacial score (nSPS) is 14.8. The zero-order valence-corrected chi connectivity index (χ0v) is 17.8. The Morgan fingerprint density at radius 3 is 2.67 bits per heavy atom. The Labute approximate surface area is 177 Å². The zero-order chi connectivity index (χ0) is 21.8. The van der Waals surface area contributed by atoms with Crippen molar-refractivity contribution in [3.8, 4) is 0 Å². The van der Waals surface area contributed by atoms with Crippen LogP contribution in [0.2, 0.25) is 0 Å². The maximum Gasteiger partial charge on any atom is 0.246 e. The van der Waals surface area contributed by atoms with Gasteiger partial charge in [0.2, 0.25) is 24.2 Å². The summed E-state index contributed by atoms with van der Waals surface area (Å²) < 4.78 is 5.38. The molecule has 0 aliphatic carbocycles. The van der Waals surface area contributed by atoms with E-state index in [-0.39, 0.29) is 18.4 Å². The molecule has 0 bridgehead atoms. The summed E-state index contributed by atoms with van der Waals surface area (Å²) in [5, 5.41) is 10.0. The van der Waals surface area contributed by atoms with Gasteiger partial charge in [-0.3, -0.25) is 25.6 Å². The van der Waals surface area contributed by atoms with E-state index < -0.39 is 5.92 Å². The van der Waals surface area contributed by atoms with Crippen LogP contribution in [-0.2, 0) is 20.7 Å². The number of morpholine rings is 1. The molecule has 1 unspecified atom stereocenters. The highest BCUT2D eigenvalue weighted by atomic mass is 16.5. The van der Waals surface area contributed by atoms with Crippen molar-refractivity contribution in [2.75, 3.05) is 43.2 Å². The number of unbranched alkanes of at least 4 members (excludes halogenated alkanes) is 2. The molecule has 0 aromatic carbocycles. The molecule has 0 saturated carbocycles. The summed E-state index contributed by atoms with van der Waals surface area (Å²) in [7, 11) is 0. The minimum atomic E-state index is -0.546. The van der Waals surface area contributed by atoms with Crippen LogP contribution in [0.1, 0.15) is 51.8 Å². The fourth-order valence-electron chi connectivity index (χ4n) is 3.14. The van der Waals surface area contributed by atoms with E-state index in [2.05, 4.69) is 32.7 Å². The second-order valence-corrected chi connectivity index (χ2v) is 7.26. The van der Waals surface area contributed by atoms with Crippen molar-refractivity contribution in [3.63, 3.8) is 0 Å². The third-order valence-corrected chi connectivity index (χ3v) is 4.79. The van der Waals surface area contributed by atoms with Crippen LogP contribution in [0.5, 0.6) is 0 Å². The number of amides is 2. The second-order valence-electron chi connectivity index (χ2n) is 7.26. The standard InChI is InChI=1S/C19H33N7O4/c1-3-5-6-8-15(13-26(29)14-27)17(28)23-24-18-20-16(7-4-2)21-19(22-18)25-9-11-30-12-10-25/h14-15,29H,3-13H2,1-2H3,(H,23,28)(H,20,21,22,24). The van der Waals surface area contributed by atoms with Gasteiger partial charge in [-0.2, -0.15) is 15.0 Å². The molecule has 11 heteroatoms. The maximum atomic E-state index is 12.6. The van der Waals surface area contributed by atoms with Gasteiger partial charge in [0, 0.05) is 19.5 Å². The first-order valence-electron chi connectivity index (χ1n) is 10.6. The van der Waals surface area contributed by atoms with Crippen LogP contribution in [0, 0.1) is 5.92 Å². The number of ether oxygens (including phenoxy) is 1. The first kappa shape index (κ1) is 23.7. The summed E-state index contributed by atoms with van der Waals surface area (Å²) in [6.45, 7) is 6.66. The van der Waals surface area contributed by atoms with E-state index in [4.69, 9.17) is 4.74 Å². The van der Waals surface area contributed by atoms with E-state index in [0.29, 0.717) is 62.4 Å². The van der Waals surface area contributed by atoms with Crippen LogP contribution >= 0.6 is 0 Å². The van der Waals surface area contributed by atoms with Crippen LogP contribution < -0.4 is 15.8 Å². The molecule has 2 heterocycles. The van der Waals surface area contributed by atoms with Crippen molar-refractivity contribution in [2.24, 2.45) is 5.92 Å². The molecule has 168 valence electrons. The number of nitrogens with zero attached hydrogens (tertiary/aromatic N) is 5. The highest BCUT2D eigenvalue weighted by Crippen LogP contribution is 2.14. The number of hydrazine groups is 1. The lowest BCUT2D eigenvalue weighted by Gasteiger charge is -2.27. The summed E-state index contributed by atoms with van der Waals surface area (Å²) in [6.07, 6.45) is 5.25. The fourth-order valence-corrected chi connectivity index (χ4v) is 3.14. The average molecular weight is 424 g/mol. The Hall–Kier alpha value is -2.53. The highest BCUT2D eigenvalue weighted by Gasteiger charge is 2.21. The zero-order valence-electron chi connectivity index (χ0n) is 17.8. The van der Waals surface area contributed by atoms with Gasteiger partial charge in [0.05, 0.1) is 25.7 Å². The molecule has 3 N–H and O–H groups in total. The highest BCUT2D eigenvalue weighted by molar-refractivity contribution is 5.80. The van der Waals surface area contributed by atoms with Gasteiger partial charge in [-0.15, -0.1) is 0 Å². The molecular weight excluding hydrogens is 390 g/mol. The van der Waals surface area contributed by atoms with Gasteiger partial charge in [-0.25, -0.2) is 5.06 Å². The first-order valence-corrected chi connectivity index (χ1v) is 10.6. The summed E-state index contributed by atoms with van der Waals surface area (Å²) in [5.41, 5.74) is 5.39. The fraction of sp³-hybridized carbons (Fsp3) is 0.737. The van der Waals surface area contributed by atoms with Crippen LogP contribution in [0.25, 0.3) is 0 Å². The van der Waals surface area contributed by atoms with Gasteiger partial charge in [0.1, 0.15) is 5.82 Å². The van der Waals surface area contributed by atoms with Crippen LogP contribution in [0.3, 0.4) is 0 Å². The molecule has 2 amide bonds. The number of carbonyl (C=O) groups is 2. The number of carbonyl (C=O) groups excluding carboxylic acids is 2. The van der Waals surface area contributed by atoms with E-state index in [1.165, 1.54) is 0 Å². The maximum absolute atomic E-state index is 12.6. The number of aromatic nitrogens is 3. The van der Waals surface area contributed by atoms with Gasteiger partial charge in [-0.1, -0.05) is 33.1 Å². The number of hydrogen-bond acceptors (Lipinski definition) is 9. The van der Waals surface area contributed by atoms with E-state index in [1.807, 2.05) is 11.8 Å². The molecule has 1 aromatic rings. The molecule has 0 spiro atoms. The van der Waals surface area contributed by atoms with Gasteiger partial charge in [0.15, 0.2) is 0 Å². The molecule has 1 atom stereocenters. The van der Waals surface area contributed by atoms with Crippen LogP contribution in [0.15, 0.2) is 0 Å². The van der Waals surface area contributed by atoms with Gasteiger partial charge >= 0.3 is 0 Å². The SMILES string of the molecule is CCCCCC(CN(O)C=O)C(=O)NNc1nc(CCC)nc(N2CCOCC2)n1. The Balaban J connectivity index is 2.05. The van der Waals surface area contributed by atoms with Crippen molar-refractivity contribution in [1.82, 2.24) is 25.4 Å². The lowest BCUT2D eigenvalue weighted by molar-refractivity contribution is -0.154. The molecule has 2 rings (SSSR count). The number of hydrogen-bond donors (Lipinski definition) is 3. The van der Waals surface area contributed by atoms with Gasteiger partial charge in [0.25, 0.3) is 0 Å². The molecule has 1 aliphatic rings. The van der Waals surface area contributed by atoms with E-state index >= 15 is 0 Å². The molecule has 1 fully saturated rings. The van der Waals surface area contributed by atoms with Gasteiger partial charge in [-0.05, 0) is 12.8 Å².